The number of hydrogen-bond acceptors (Lipinski definition) is 2. The molecular formula is C12H20F3NO. The number of piperidine rings is 1. The van der Waals surface area contributed by atoms with E-state index in [-0.39, 0.29) is 25.0 Å². The van der Waals surface area contributed by atoms with Crippen LogP contribution in [0.15, 0.2) is 0 Å². The first kappa shape index (κ1) is 13.1. The van der Waals surface area contributed by atoms with Gasteiger partial charge in [0, 0.05) is 13.1 Å². The fraction of sp³-hybridized carbons (Fsp3) is 1.00. The third kappa shape index (κ3) is 3.35. The molecule has 1 saturated heterocycles. The van der Waals surface area contributed by atoms with E-state index in [1.165, 1.54) is 0 Å². The predicted molar refractivity (Wildman–Crippen MR) is 58.6 cm³/mol. The largest absolute Gasteiger partial charge is 0.393 e. The van der Waals surface area contributed by atoms with Crippen molar-refractivity contribution in [3.63, 3.8) is 0 Å². The highest BCUT2D eigenvalue weighted by molar-refractivity contribution is 4.83. The minimum atomic E-state index is -4.06. The molecule has 2 rings (SSSR count). The number of rotatable bonds is 2. The zero-order valence-corrected chi connectivity index (χ0v) is 9.92. The van der Waals surface area contributed by atoms with Gasteiger partial charge in [-0.2, -0.15) is 13.2 Å². The van der Waals surface area contributed by atoms with Crippen molar-refractivity contribution in [1.29, 1.82) is 0 Å². The van der Waals surface area contributed by atoms with E-state index < -0.39 is 12.1 Å². The minimum absolute atomic E-state index is 0.118. The van der Waals surface area contributed by atoms with Gasteiger partial charge in [-0.3, -0.25) is 0 Å². The summed E-state index contributed by atoms with van der Waals surface area (Å²) in [7, 11) is 0. The Bertz CT molecular complexity index is 255. The van der Waals surface area contributed by atoms with Crippen LogP contribution in [0.2, 0.25) is 0 Å². The molecule has 1 N–H and O–H groups in total. The van der Waals surface area contributed by atoms with Gasteiger partial charge in [-0.05, 0) is 38.1 Å². The van der Waals surface area contributed by atoms with E-state index >= 15 is 0 Å². The van der Waals surface area contributed by atoms with Gasteiger partial charge in [0.2, 0.25) is 0 Å². The molecule has 0 bridgehead atoms. The second-order valence-corrected chi connectivity index (χ2v) is 5.40. The van der Waals surface area contributed by atoms with Gasteiger partial charge in [-0.25, -0.2) is 0 Å². The van der Waals surface area contributed by atoms with E-state index in [2.05, 4.69) is 0 Å². The van der Waals surface area contributed by atoms with Crippen molar-refractivity contribution in [3.05, 3.63) is 0 Å². The molecule has 5 heteroatoms. The van der Waals surface area contributed by atoms with E-state index in [1.807, 2.05) is 4.90 Å². The Morgan fingerprint density at radius 2 is 1.88 bits per heavy atom. The molecular weight excluding hydrogens is 231 g/mol. The van der Waals surface area contributed by atoms with E-state index in [0.29, 0.717) is 13.0 Å². The van der Waals surface area contributed by atoms with Crippen molar-refractivity contribution in [2.45, 2.75) is 44.4 Å². The highest BCUT2D eigenvalue weighted by Crippen LogP contribution is 2.34. The number of aliphatic hydroxyl groups excluding tert-OH is 1. The number of halogens is 3. The monoisotopic (exact) mass is 251 g/mol. The molecule has 0 spiro atoms. The van der Waals surface area contributed by atoms with Crippen LogP contribution in [-0.2, 0) is 0 Å². The number of hydrogen-bond donors (Lipinski definition) is 1. The molecule has 0 aromatic heterocycles. The standard InChI is InChI=1S/C12H20F3NO/c13-12(14,15)10-4-2-6-16(8-10)7-9-3-1-5-11(9)17/h9-11,17H,1-8H2. The predicted octanol–water partition coefficient (Wildman–Crippen LogP) is 2.42. The van der Waals surface area contributed by atoms with Gasteiger partial charge < -0.3 is 10.0 Å². The highest BCUT2D eigenvalue weighted by Gasteiger charge is 2.42. The summed E-state index contributed by atoms with van der Waals surface area (Å²) in [4.78, 5) is 1.89. The molecule has 2 fully saturated rings. The molecule has 0 aromatic carbocycles. The summed E-state index contributed by atoms with van der Waals surface area (Å²) in [6, 6.07) is 0. The normalized spacial score (nSPS) is 36.4. The lowest BCUT2D eigenvalue weighted by Gasteiger charge is -2.35. The Hall–Kier alpha value is -0.290. The topological polar surface area (TPSA) is 23.5 Å². The van der Waals surface area contributed by atoms with E-state index in [1.54, 1.807) is 0 Å². The number of alkyl halides is 3. The molecule has 2 nitrogen and oxygen atoms in total. The Morgan fingerprint density at radius 1 is 1.12 bits per heavy atom. The molecule has 1 heterocycles. The first-order valence-corrected chi connectivity index (χ1v) is 6.44. The van der Waals surface area contributed by atoms with E-state index in [4.69, 9.17) is 0 Å². The molecule has 0 aromatic rings. The van der Waals surface area contributed by atoms with Crippen molar-refractivity contribution in [2.75, 3.05) is 19.6 Å². The number of likely N-dealkylation sites (tertiary alicyclic amines) is 1. The molecule has 3 atom stereocenters. The maximum atomic E-state index is 12.6. The molecule has 1 aliphatic carbocycles. The zero-order chi connectivity index (χ0) is 12.5. The first-order valence-electron chi connectivity index (χ1n) is 6.44. The fourth-order valence-corrected chi connectivity index (χ4v) is 3.05. The summed E-state index contributed by atoms with van der Waals surface area (Å²) in [5.74, 6) is -0.989. The van der Waals surface area contributed by atoms with Crippen LogP contribution >= 0.6 is 0 Å². The highest BCUT2D eigenvalue weighted by atomic mass is 19.4. The van der Waals surface area contributed by atoms with Gasteiger partial charge in [-0.1, -0.05) is 6.42 Å². The van der Waals surface area contributed by atoms with Crippen LogP contribution in [0.1, 0.15) is 32.1 Å². The SMILES string of the molecule is OC1CCCC1CN1CCCC(C(F)(F)F)C1. The van der Waals surface area contributed by atoms with Crippen LogP contribution in [0.5, 0.6) is 0 Å². The van der Waals surface area contributed by atoms with Crippen LogP contribution in [-0.4, -0.2) is 41.9 Å². The molecule has 3 unspecified atom stereocenters. The van der Waals surface area contributed by atoms with Crippen molar-refractivity contribution < 1.29 is 18.3 Å². The third-order valence-electron chi connectivity index (χ3n) is 4.08. The summed E-state index contributed by atoms with van der Waals surface area (Å²) in [6.45, 7) is 1.50. The number of nitrogens with zero attached hydrogens (tertiary/aromatic N) is 1. The van der Waals surface area contributed by atoms with Crippen LogP contribution in [0.25, 0.3) is 0 Å². The average Bonchev–Trinajstić information content (AvgIpc) is 2.64. The van der Waals surface area contributed by atoms with Gasteiger partial charge in [0.1, 0.15) is 0 Å². The summed E-state index contributed by atoms with van der Waals surface area (Å²) < 4.78 is 37.9. The lowest BCUT2D eigenvalue weighted by molar-refractivity contribution is -0.187. The van der Waals surface area contributed by atoms with Crippen molar-refractivity contribution in [2.24, 2.45) is 11.8 Å². The molecule has 2 aliphatic rings. The van der Waals surface area contributed by atoms with Crippen LogP contribution in [0, 0.1) is 11.8 Å². The van der Waals surface area contributed by atoms with Gasteiger partial charge in [-0.15, -0.1) is 0 Å². The molecule has 1 aliphatic heterocycles. The van der Waals surface area contributed by atoms with Gasteiger partial charge in [0.15, 0.2) is 0 Å². The maximum Gasteiger partial charge on any atom is 0.393 e. The second kappa shape index (κ2) is 5.14. The Kier molecular flexibility index (Phi) is 3.98. The quantitative estimate of drug-likeness (QED) is 0.814. The summed E-state index contributed by atoms with van der Waals surface area (Å²) >= 11 is 0. The Balaban J connectivity index is 1.85. The Morgan fingerprint density at radius 3 is 2.47 bits per heavy atom. The smallest absolute Gasteiger partial charge is 0.393 e. The fourth-order valence-electron chi connectivity index (χ4n) is 3.05. The van der Waals surface area contributed by atoms with Gasteiger partial charge in [0.05, 0.1) is 12.0 Å². The average molecular weight is 251 g/mol. The number of aliphatic hydroxyl groups is 1. The molecule has 1 saturated carbocycles. The van der Waals surface area contributed by atoms with Crippen LogP contribution in [0.3, 0.4) is 0 Å². The summed E-state index contributed by atoms with van der Waals surface area (Å²) in [5, 5.41) is 9.70. The zero-order valence-electron chi connectivity index (χ0n) is 9.92. The second-order valence-electron chi connectivity index (χ2n) is 5.40. The van der Waals surface area contributed by atoms with Gasteiger partial charge in [0.25, 0.3) is 0 Å². The first-order chi connectivity index (χ1) is 7.97. The maximum absolute atomic E-state index is 12.6. The van der Waals surface area contributed by atoms with Crippen molar-refractivity contribution in [3.8, 4) is 0 Å². The third-order valence-corrected chi connectivity index (χ3v) is 4.08. The lowest BCUT2D eigenvalue weighted by Crippen LogP contribution is -2.44. The van der Waals surface area contributed by atoms with Crippen LogP contribution in [0.4, 0.5) is 13.2 Å². The molecule has 100 valence electrons. The molecule has 0 radical (unpaired) electrons. The van der Waals surface area contributed by atoms with E-state index in [9.17, 15) is 18.3 Å². The van der Waals surface area contributed by atoms with Crippen molar-refractivity contribution >= 4 is 0 Å². The summed E-state index contributed by atoms with van der Waals surface area (Å²) in [6.07, 6.45) is -0.730. The van der Waals surface area contributed by atoms with Gasteiger partial charge >= 0.3 is 6.18 Å². The van der Waals surface area contributed by atoms with E-state index in [0.717, 1.165) is 25.8 Å². The van der Waals surface area contributed by atoms with Crippen LogP contribution < -0.4 is 0 Å². The Labute approximate surface area is 99.8 Å². The minimum Gasteiger partial charge on any atom is -0.393 e. The lowest BCUT2D eigenvalue weighted by atomic mass is 9.95. The molecule has 17 heavy (non-hydrogen) atoms. The molecule has 0 amide bonds. The van der Waals surface area contributed by atoms with Crippen molar-refractivity contribution in [1.82, 2.24) is 4.90 Å². The summed E-state index contributed by atoms with van der Waals surface area (Å²) in [5.41, 5.74) is 0.